The van der Waals surface area contributed by atoms with Gasteiger partial charge in [-0.15, -0.1) is 0 Å². The average Bonchev–Trinajstić information content (AvgIpc) is 3.53. The number of benzene rings is 1. The highest BCUT2D eigenvalue weighted by Crippen LogP contribution is 2.45. The number of aromatic nitrogens is 6. The van der Waals surface area contributed by atoms with Gasteiger partial charge in [0.1, 0.15) is 17.2 Å². The van der Waals surface area contributed by atoms with Gasteiger partial charge in [0.05, 0.1) is 76.6 Å². The van der Waals surface area contributed by atoms with Crippen LogP contribution in [0.25, 0.3) is 0 Å². The summed E-state index contributed by atoms with van der Waals surface area (Å²) in [6.07, 6.45) is 16.3. The fourth-order valence-electron chi connectivity index (χ4n) is 3.71. The highest BCUT2D eigenvalue weighted by molar-refractivity contribution is 5.63. The van der Waals surface area contributed by atoms with Gasteiger partial charge in [0.25, 0.3) is 0 Å². The third kappa shape index (κ3) is 3.73. The molecule has 30 heavy (non-hydrogen) atoms. The normalized spacial score (nSPS) is 10.9. The van der Waals surface area contributed by atoms with Crippen LogP contribution in [-0.2, 0) is 19.6 Å². The largest absolute Gasteiger partial charge is 0.496 e. The quantitative estimate of drug-likeness (QED) is 0.423. The summed E-state index contributed by atoms with van der Waals surface area (Å²) >= 11 is 0. The number of hydrogen-bond acceptors (Lipinski definition) is 6. The zero-order valence-corrected chi connectivity index (χ0v) is 17.2. The molecule has 9 nitrogen and oxygen atoms in total. The molecule has 0 saturated carbocycles. The number of nitrogens with zero attached hydrogens (tertiary/aromatic N) is 6. The zero-order valence-electron chi connectivity index (χ0n) is 17.2. The Morgan fingerprint density at radius 1 is 0.567 bits per heavy atom. The standard InChI is InChI=1S/C21H24N6O3/c1-28-19-16(10-25-7-4-22-13-25)20(29-2)18(12-27-9-6-24-15-27)21(30-3)17(19)11-26-8-5-23-14-26/h4-9,13-15H,10-12H2,1-3H3. The molecule has 0 unspecified atom stereocenters. The molecule has 0 saturated heterocycles. The van der Waals surface area contributed by atoms with Gasteiger partial charge in [0, 0.05) is 37.2 Å². The van der Waals surface area contributed by atoms with E-state index in [1.807, 2.05) is 32.3 Å². The Balaban J connectivity index is 1.94. The summed E-state index contributed by atoms with van der Waals surface area (Å²) < 4.78 is 23.7. The van der Waals surface area contributed by atoms with Gasteiger partial charge in [-0.25, -0.2) is 15.0 Å². The van der Waals surface area contributed by atoms with Gasteiger partial charge >= 0.3 is 0 Å². The van der Waals surface area contributed by atoms with E-state index < -0.39 is 0 Å². The average molecular weight is 408 g/mol. The summed E-state index contributed by atoms with van der Waals surface area (Å²) in [4.78, 5) is 12.5. The first-order valence-electron chi connectivity index (χ1n) is 9.44. The Bertz CT molecular complexity index is 913. The minimum absolute atomic E-state index is 0.546. The fourth-order valence-corrected chi connectivity index (χ4v) is 3.71. The molecule has 0 bridgehead atoms. The lowest BCUT2D eigenvalue weighted by atomic mass is 9.99. The van der Waals surface area contributed by atoms with Crippen molar-refractivity contribution in [2.45, 2.75) is 19.6 Å². The molecule has 4 aromatic rings. The van der Waals surface area contributed by atoms with Crippen molar-refractivity contribution in [2.24, 2.45) is 0 Å². The maximum Gasteiger partial charge on any atom is 0.136 e. The van der Waals surface area contributed by atoms with Crippen LogP contribution in [0.5, 0.6) is 17.2 Å². The molecule has 0 atom stereocenters. The number of rotatable bonds is 9. The summed E-state index contributed by atoms with van der Waals surface area (Å²) in [5, 5.41) is 0. The zero-order chi connectivity index (χ0) is 20.9. The summed E-state index contributed by atoms with van der Waals surface area (Å²) in [6.45, 7) is 1.64. The number of ether oxygens (including phenoxy) is 3. The minimum Gasteiger partial charge on any atom is -0.496 e. The van der Waals surface area contributed by atoms with Crippen molar-refractivity contribution in [1.82, 2.24) is 28.7 Å². The van der Waals surface area contributed by atoms with Crippen molar-refractivity contribution >= 4 is 0 Å². The fraction of sp³-hybridized carbons (Fsp3) is 0.286. The third-order valence-electron chi connectivity index (χ3n) is 4.96. The van der Waals surface area contributed by atoms with Gasteiger partial charge < -0.3 is 27.9 Å². The molecule has 0 aliphatic rings. The number of imidazole rings is 3. The highest BCUT2D eigenvalue weighted by atomic mass is 16.5. The minimum atomic E-state index is 0.546. The lowest BCUT2D eigenvalue weighted by Crippen LogP contribution is -2.13. The van der Waals surface area contributed by atoms with Gasteiger partial charge in [0.2, 0.25) is 0 Å². The molecule has 9 heteroatoms. The molecule has 0 radical (unpaired) electrons. The van der Waals surface area contributed by atoms with Crippen LogP contribution in [0.3, 0.4) is 0 Å². The molecule has 156 valence electrons. The Kier molecular flexibility index (Phi) is 5.69. The molecular weight excluding hydrogens is 384 g/mol. The molecule has 4 rings (SSSR count). The highest BCUT2D eigenvalue weighted by Gasteiger charge is 2.27. The summed E-state index contributed by atoms with van der Waals surface area (Å²) in [7, 11) is 5.00. The van der Waals surface area contributed by atoms with E-state index in [0.717, 1.165) is 33.9 Å². The van der Waals surface area contributed by atoms with Crippen LogP contribution in [0.1, 0.15) is 16.7 Å². The van der Waals surface area contributed by atoms with E-state index in [0.29, 0.717) is 19.6 Å². The van der Waals surface area contributed by atoms with Gasteiger partial charge in [-0.1, -0.05) is 0 Å². The van der Waals surface area contributed by atoms with Crippen LogP contribution in [0.4, 0.5) is 0 Å². The van der Waals surface area contributed by atoms with Gasteiger partial charge in [-0.2, -0.15) is 0 Å². The molecule has 0 aliphatic carbocycles. The maximum absolute atomic E-state index is 5.90. The Morgan fingerprint density at radius 2 is 0.867 bits per heavy atom. The topological polar surface area (TPSA) is 81.1 Å². The Labute approximate surface area is 174 Å². The second-order valence-corrected chi connectivity index (χ2v) is 6.74. The molecular formula is C21H24N6O3. The first-order valence-corrected chi connectivity index (χ1v) is 9.44. The molecule has 3 aromatic heterocycles. The monoisotopic (exact) mass is 408 g/mol. The molecule has 3 heterocycles. The first kappa shape index (κ1) is 19.6. The van der Waals surface area contributed by atoms with E-state index in [2.05, 4.69) is 15.0 Å². The van der Waals surface area contributed by atoms with Gasteiger partial charge in [0.15, 0.2) is 0 Å². The van der Waals surface area contributed by atoms with Crippen LogP contribution >= 0.6 is 0 Å². The molecule has 0 amide bonds. The molecule has 0 N–H and O–H groups in total. The van der Waals surface area contributed by atoms with Crippen molar-refractivity contribution in [2.75, 3.05) is 21.3 Å². The van der Waals surface area contributed by atoms with E-state index in [-0.39, 0.29) is 0 Å². The van der Waals surface area contributed by atoms with Crippen molar-refractivity contribution in [3.63, 3.8) is 0 Å². The predicted octanol–water partition coefficient (Wildman–Crippen LogP) is 2.45. The number of methoxy groups -OCH3 is 3. The summed E-state index contributed by atoms with van der Waals surface area (Å²) in [6, 6.07) is 0. The van der Waals surface area contributed by atoms with E-state index in [1.165, 1.54) is 0 Å². The predicted molar refractivity (Wildman–Crippen MR) is 110 cm³/mol. The van der Waals surface area contributed by atoms with Crippen LogP contribution in [0.15, 0.2) is 56.2 Å². The van der Waals surface area contributed by atoms with Crippen molar-refractivity contribution in [3.8, 4) is 17.2 Å². The van der Waals surface area contributed by atoms with Crippen molar-refractivity contribution in [1.29, 1.82) is 0 Å². The summed E-state index contributed by atoms with van der Waals surface area (Å²) in [5.74, 6) is 2.17. The molecule has 0 aliphatic heterocycles. The smallest absolute Gasteiger partial charge is 0.136 e. The third-order valence-corrected chi connectivity index (χ3v) is 4.96. The molecule has 0 fully saturated rings. The lowest BCUT2D eigenvalue weighted by molar-refractivity contribution is 0.352. The van der Waals surface area contributed by atoms with E-state index >= 15 is 0 Å². The Hall–Kier alpha value is -3.75. The van der Waals surface area contributed by atoms with Crippen LogP contribution in [-0.4, -0.2) is 50.0 Å². The van der Waals surface area contributed by atoms with Crippen LogP contribution in [0, 0.1) is 0 Å². The lowest BCUT2D eigenvalue weighted by Gasteiger charge is -2.24. The first-order chi connectivity index (χ1) is 14.7. The Morgan fingerprint density at radius 3 is 1.07 bits per heavy atom. The van der Waals surface area contributed by atoms with Gasteiger partial charge in [-0.05, 0) is 0 Å². The van der Waals surface area contributed by atoms with Gasteiger partial charge in [-0.3, -0.25) is 0 Å². The molecule has 1 aromatic carbocycles. The second-order valence-electron chi connectivity index (χ2n) is 6.74. The van der Waals surface area contributed by atoms with Crippen molar-refractivity contribution < 1.29 is 14.2 Å². The van der Waals surface area contributed by atoms with Crippen LogP contribution in [0.2, 0.25) is 0 Å². The second kappa shape index (κ2) is 8.73. The van der Waals surface area contributed by atoms with E-state index in [9.17, 15) is 0 Å². The van der Waals surface area contributed by atoms with E-state index in [4.69, 9.17) is 14.2 Å². The molecule has 0 spiro atoms. The summed E-state index contributed by atoms with van der Waals surface area (Å²) in [5.41, 5.74) is 2.76. The van der Waals surface area contributed by atoms with Crippen molar-refractivity contribution in [3.05, 3.63) is 72.9 Å². The van der Waals surface area contributed by atoms with E-state index in [1.54, 1.807) is 58.9 Å². The maximum atomic E-state index is 5.90. The SMILES string of the molecule is COc1c(Cn2ccnc2)c(OC)c(Cn2ccnc2)c(OC)c1Cn1ccnc1. The van der Waals surface area contributed by atoms with Crippen LogP contribution < -0.4 is 14.2 Å². The number of hydrogen-bond donors (Lipinski definition) is 0.